The average molecular weight is 288 g/mol. The maximum absolute atomic E-state index is 3.97. The zero-order chi connectivity index (χ0) is 14.5. The molecule has 0 aromatic heterocycles. The Morgan fingerprint density at radius 3 is 1.62 bits per heavy atom. The van der Waals surface area contributed by atoms with Crippen LogP contribution in [-0.2, 0) is 0 Å². The molecule has 3 aromatic carbocycles. The topological polar surface area (TPSA) is 0 Å². The second-order valence-electron chi connectivity index (χ2n) is 4.77. The molecule has 0 saturated heterocycles. The molecule has 102 valence electrons. The van der Waals surface area contributed by atoms with Crippen molar-refractivity contribution in [2.24, 2.45) is 0 Å². The Bertz CT molecular complexity index is 678. The second kappa shape index (κ2) is 6.52. The minimum absolute atomic E-state index is 0.544. The number of rotatable bonds is 4. The molecule has 3 rings (SSSR count). The molecule has 0 amide bonds. The van der Waals surface area contributed by atoms with Crippen LogP contribution in [0.4, 0.5) is 0 Å². The van der Waals surface area contributed by atoms with E-state index in [-0.39, 0.29) is 0 Å². The summed E-state index contributed by atoms with van der Waals surface area (Å²) in [5.74, 6) is 0. The van der Waals surface area contributed by atoms with Crippen LogP contribution >= 0.6 is 7.92 Å². The fourth-order valence-electron chi connectivity index (χ4n) is 2.45. The summed E-state index contributed by atoms with van der Waals surface area (Å²) >= 11 is 0. The van der Waals surface area contributed by atoms with E-state index >= 15 is 0 Å². The summed E-state index contributed by atoms with van der Waals surface area (Å²) in [6.07, 6.45) is 1.95. The molecule has 0 unspecified atom stereocenters. The summed E-state index contributed by atoms with van der Waals surface area (Å²) in [6, 6.07) is 30.0. The van der Waals surface area contributed by atoms with Gasteiger partial charge in [0.15, 0.2) is 0 Å². The summed E-state index contributed by atoms with van der Waals surface area (Å²) < 4.78 is 0. The zero-order valence-corrected chi connectivity index (χ0v) is 12.7. The van der Waals surface area contributed by atoms with E-state index in [2.05, 4.69) is 91.5 Å². The Labute approximate surface area is 127 Å². The van der Waals surface area contributed by atoms with Gasteiger partial charge in [-0.05, 0) is 29.4 Å². The highest BCUT2D eigenvalue weighted by atomic mass is 31.1. The summed E-state index contributed by atoms with van der Waals surface area (Å²) in [4.78, 5) is 0. The van der Waals surface area contributed by atoms with E-state index in [0.717, 1.165) is 0 Å². The van der Waals surface area contributed by atoms with Crippen molar-refractivity contribution in [3.8, 4) is 0 Å². The van der Waals surface area contributed by atoms with Gasteiger partial charge in [0.1, 0.15) is 0 Å². The van der Waals surface area contributed by atoms with Gasteiger partial charge in [-0.25, -0.2) is 0 Å². The van der Waals surface area contributed by atoms with Crippen molar-refractivity contribution >= 4 is 29.9 Å². The maximum Gasteiger partial charge on any atom is -0.00789 e. The lowest BCUT2D eigenvalue weighted by atomic mass is 10.2. The van der Waals surface area contributed by atoms with Crippen LogP contribution in [0.3, 0.4) is 0 Å². The first-order valence-corrected chi connectivity index (χ1v) is 8.36. The fraction of sp³-hybridized carbons (Fsp3) is 0. The molecule has 0 nitrogen and oxygen atoms in total. The summed E-state index contributed by atoms with van der Waals surface area (Å²) in [5, 5.41) is 4.10. The quantitative estimate of drug-likeness (QED) is 0.634. The van der Waals surface area contributed by atoms with Crippen molar-refractivity contribution in [2.75, 3.05) is 0 Å². The third-order valence-corrected chi connectivity index (χ3v) is 5.94. The molecule has 21 heavy (non-hydrogen) atoms. The zero-order valence-electron chi connectivity index (χ0n) is 11.8. The van der Waals surface area contributed by atoms with Crippen LogP contribution in [0.5, 0.6) is 0 Å². The van der Waals surface area contributed by atoms with Gasteiger partial charge in [0.2, 0.25) is 0 Å². The minimum Gasteiger partial charge on any atom is -0.0984 e. The molecule has 0 heterocycles. The molecule has 3 aromatic rings. The number of hydrogen-bond acceptors (Lipinski definition) is 0. The normalized spacial score (nSPS) is 10.5. The van der Waals surface area contributed by atoms with Crippen molar-refractivity contribution in [2.45, 2.75) is 0 Å². The lowest BCUT2D eigenvalue weighted by Gasteiger charge is -2.21. The summed E-state index contributed by atoms with van der Waals surface area (Å²) in [6.45, 7) is 3.97. The van der Waals surface area contributed by atoms with Gasteiger partial charge in [0.05, 0.1) is 0 Å². The minimum atomic E-state index is -0.544. The standard InChI is InChI=1S/C20H17P/c1-2-17-11-9-10-16-20(17)21(18-12-5-3-6-13-18)19-14-7-4-8-15-19/h2-16H,1H2. The van der Waals surface area contributed by atoms with E-state index in [0.29, 0.717) is 0 Å². The highest BCUT2D eigenvalue weighted by molar-refractivity contribution is 7.80. The molecule has 0 radical (unpaired) electrons. The van der Waals surface area contributed by atoms with E-state index in [1.54, 1.807) is 0 Å². The Kier molecular flexibility index (Phi) is 4.28. The lowest BCUT2D eigenvalue weighted by Crippen LogP contribution is -2.22. The average Bonchev–Trinajstić information content (AvgIpc) is 2.58. The molecule has 0 aliphatic rings. The molecule has 0 aliphatic carbocycles. The summed E-state index contributed by atoms with van der Waals surface area (Å²) in [5.41, 5.74) is 1.22. The molecule has 0 atom stereocenters. The second-order valence-corrected chi connectivity index (χ2v) is 6.95. The molecular formula is C20H17P. The van der Waals surface area contributed by atoms with E-state index in [1.807, 2.05) is 6.08 Å². The van der Waals surface area contributed by atoms with Crippen LogP contribution in [0.2, 0.25) is 0 Å². The van der Waals surface area contributed by atoms with Crippen molar-refractivity contribution < 1.29 is 0 Å². The first-order chi connectivity index (χ1) is 10.4. The van der Waals surface area contributed by atoms with Gasteiger partial charge >= 0.3 is 0 Å². The molecule has 0 N–H and O–H groups in total. The van der Waals surface area contributed by atoms with Gasteiger partial charge in [-0.1, -0.05) is 97.6 Å². The smallest absolute Gasteiger partial charge is 0.00789 e. The van der Waals surface area contributed by atoms with Gasteiger partial charge < -0.3 is 0 Å². The monoisotopic (exact) mass is 288 g/mol. The van der Waals surface area contributed by atoms with E-state index in [1.165, 1.54) is 21.5 Å². The SMILES string of the molecule is C=Cc1ccccc1P(c1ccccc1)c1ccccc1. The van der Waals surface area contributed by atoms with Crippen LogP contribution in [0.1, 0.15) is 5.56 Å². The number of hydrogen-bond donors (Lipinski definition) is 0. The Hall–Kier alpha value is -2.17. The molecule has 0 fully saturated rings. The molecule has 0 aliphatic heterocycles. The van der Waals surface area contributed by atoms with Crippen LogP contribution in [0.25, 0.3) is 6.08 Å². The van der Waals surface area contributed by atoms with E-state index in [4.69, 9.17) is 0 Å². The summed E-state index contributed by atoms with van der Waals surface area (Å²) in [7, 11) is -0.544. The van der Waals surface area contributed by atoms with Crippen LogP contribution in [-0.4, -0.2) is 0 Å². The van der Waals surface area contributed by atoms with Crippen LogP contribution < -0.4 is 15.9 Å². The van der Waals surface area contributed by atoms with Crippen molar-refractivity contribution in [1.29, 1.82) is 0 Å². The Morgan fingerprint density at radius 2 is 1.10 bits per heavy atom. The van der Waals surface area contributed by atoms with Gasteiger partial charge in [-0.3, -0.25) is 0 Å². The highest BCUT2D eigenvalue weighted by Crippen LogP contribution is 2.34. The largest absolute Gasteiger partial charge is 0.0984 e. The number of benzene rings is 3. The van der Waals surface area contributed by atoms with Crippen LogP contribution in [0.15, 0.2) is 91.5 Å². The highest BCUT2D eigenvalue weighted by Gasteiger charge is 2.17. The molecular weight excluding hydrogens is 271 g/mol. The van der Waals surface area contributed by atoms with Gasteiger partial charge in [-0.15, -0.1) is 0 Å². The van der Waals surface area contributed by atoms with Crippen molar-refractivity contribution in [3.63, 3.8) is 0 Å². The van der Waals surface area contributed by atoms with Gasteiger partial charge in [0, 0.05) is 0 Å². The van der Waals surface area contributed by atoms with Gasteiger partial charge in [-0.2, -0.15) is 0 Å². The van der Waals surface area contributed by atoms with Crippen LogP contribution in [0, 0.1) is 0 Å². The predicted molar refractivity (Wildman–Crippen MR) is 95.2 cm³/mol. The third kappa shape index (κ3) is 2.96. The first kappa shape index (κ1) is 13.8. The molecule has 1 heteroatoms. The van der Waals surface area contributed by atoms with Gasteiger partial charge in [0.25, 0.3) is 0 Å². The van der Waals surface area contributed by atoms with E-state index < -0.39 is 7.92 Å². The maximum atomic E-state index is 3.97. The Balaban J connectivity index is 2.20. The Morgan fingerprint density at radius 1 is 0.619 bits per heavy atom. The fourth-order valence-corrected chi connectivity index (χ4v) is 4.90. The molecule has 0 bridgehead atoms. The lowest BCUT2D eigenvalue weighted by molar-refractivity contribution is 1.71. The molecule has 0 spiro atoms. The third-order valence-electron chi connectivity index (χ3n) is 3.43. The van der Waals surface area contributed by atoms with Crippen molar-refractivity contribution in [1.82, 2.24) is 0 Å². The first-order valence-electron chi connectivity index (χ1n) is 7.02. The van der Waals surface area contributed by atoms with Crippen molar-refractivity contribution in [3.05, 3.63) is 97.1 Å². The van der Waals surface area contributed by atoms with E-state index in [9.17, 15) is 0 Å². The predicted octanol–water partition coefficient (Wildman–Crippen LogP) is 4.09. The molecule has 0 saturated carbocycles.